The van der Waals surface area contributed by atoms with Gasteiger partial charge in [-0.15, -0.1) is 0 Å². The van der Waals surface area contributed by atoms with Gasteiger partial charge in [0, 0.05) is 5.41 Å². The van der Waals surface area contributed by atoms with Crippen molar-refractivity contribution in [1.82, 2.24) is 0 Å². The average Bonchev–Trinajstić information content (AvgIpc) is 2.99. The van der Waals surface area contributed by atoms with Crippen LogP contribution in [-0.2, 0) is 4.74 Å². The Kier molecular flexibility index (Phi) is 2.27. The number of rotatable bonds is 1. The molecule has 3 aliphatic rings. The average molecular weight is 220 g/mol. The van der Waals surface area contributed by atoms with Gasteiger partial charge in [0.15, 0.2) is 0 Å². The van der Waals surface area contributed by atoms with E-state index < -0.39 is 0 Å². The van der Waals surface area contributed by atoms with Gasteiger partial charge in [-0.3, -0.25) is 0 Å². The van der Waals surface area contributed by atoms with E-state index in [4.69, 9.17) is 4.74 Å². The molecule has 0 spiro atoms. The SMILES string of the molecule is CC1=C[C@]2([C@@H]3CO3)CCCC(C)(C)[C@@H]2CC1. The molecule has 0 N–H and O–H groups in total. The Morgan fingerprint density at radius 2 is 2.06 bits per heavy atom. The van der Waals surface area contributed by atoms with Crippen LogP contribution >= 0.6 is 0 Å². The molecule has 0 amide bonds. The van der Waals surface area contributed by atoms with Crippen LogP contribution in [0.5, 0.6) is 0 Å². The van der Waals surface area contributed by atoms with Gasteiger partial charge in [0.1, 0.15) is 0 Å². The van der Waals surface area contributed by atoms with Crippen LogP contribution in [0, 0.1) is 16.7 Å². The van der Waals surface area contributed by atoms with Gasteiger partial charge in [-0.05, 0) is 43.9 Å². The minimum absolute atomic E-state index is 0.407. The van der Waals surface area contributed by atoms with Gasteiger partial charge < -0.3 is 4.74 Å². The van der Waals surface area contributed by atoms with Crippen LogP contribution < -0.4 is 0 Å². The summed E-state index contributed by atoms with van der Waals surface area (Å²) in [5.41, 5.74) is 2.52. The van der Waals surface area contributed by atoms with Crippen molar-refractivity contribution < 1.29 is 4.74 Å². The molecule has 1 saturated heterocycles. The molecule has 1 aliphatic heterocycles. The number of fused-ring (bicyclic) bond motifs is 1. The summed E-state index contributed by atoms with van der Waals surface area (Å²) in [6, 6.07) is 0. The molecular formula is C15H24O. The molecule has 3 rings (SSSR count). The minimum atomic E-state index is 0.407. The molecule has 2 fully saturated rings. The topological polar surface area (TPSA) is 12.5 Å². The maximum Gasteiger partial charge on any atom is 0.0903 e. The molecule has 0 radical (unpaired) electrons. The highest BCUT2D eigenvalue weighted by molar-refractivity contribution is 5.21. The van der Waals surface area contributed by atoms with Gasteiger partial charge in [-0.25, -0.2) is 0 Å². The summed E-state index contributed by atoms with van der Waals surface area (Å²) in [5, 5.41) is 0. The summed E-state index contributed by atoms with van der Waals surface area (Å²) < 4.78 is 5.71. The highest BCUT2D eigenvalue weighted by Crippen LogP contribution is 2.60. The lowest BCUT2D eigenvalue weighted by atomic mass is 9.51. The second kappa shape index (κ2) is 3.35. The van der Waals surface area contributed by atoms with Crippen molar-refractivity contribution in [1.29, 1.82) is 0 Å². The highest BCUT2D eigenvalue weighted by atomic mass is 16.6. The molecular weight excluding hydrogens is 196 g/mol. The molecule has 0 aromatic heterocycles. The minimum Gasteiger partial charge on any atom is -0.372 e. The summed E-state index contributed by atoms with van der Waals surface area (Å²) in [5.74, 6) is 0.852. The van der Waals surface area contributed by atoms with Crippen molar-refractivity contribution in [2.45, 2.75) is 59.0 Å². The van der Waals surface area contributed by atoms with Gasteiger partial charge in [0.25, 0.3) is 0 Å². The van der Waals surface area contributed by atoms with E-state index in [1.165, 1.54) is 32.1 Å². The number of hydrogen-bond donors (Lipinski definition) is 0. The first-order valence-corrected chi connectivity index (χ1v) is 6.84. The van der Waals surface area contributed by atoms with Crippen LogP contribution in [0.4, 0.5) is 0 Å². The van der Waals surface area contributed by atoms with E-state index in [-0.39, 0.29) is 0 Å². The van der Waals surface area contributed by atoms with Gasteiger partial charge in [0.2, 0.25) is 0 Å². The number of epoxide rings is 1. The predicted octanol–water partition coefficient (Wildman–Crippen LogP) is 3.94. The van der Waals surface area contributed by atoms with Crippen molar-refractivity contribution in [2.75, 3.05) is 6.61 Å². The van der Waals surface area contributed by atoms with E-state index in [2.05, 4.69) is 26.8 Å². The van der Waals surface area contributed by atoms with Gasteiger partial charge in [0.05, 0.1) is 12.7 Å². The molecule has 90 valence electrons. The van der Waals surface area contributed by atoms with Gasteiger partial charge in [-0.1, -0.05) is 31.9 Å². The molecule has 0 unspecified atom stereocenters. The van der Waals surface area contributed by atoms with Crippen molar-refractivity contribution in [2.24, 2.45) is 16.7 Å². The lowest BCUT2D eigenvalue weighted by molar-refractivity contribution is -0.00858. The second-order valence-electron chi connectivity index (χ2n) is 6.86. The van der Waals surface area contributed by atoms with Crippen LogP contribution in [0.3, 0.4) is 0 Å². The summed E-state index contributed by atoms with van der Waals surface area (Å²) in [7, 11) is 0. The Balaban J connectivity index is 2.01. The Morgan fingerprint density at radius 1 is 1.31 bits per heavy atom. The van der Waals surface area contributed by atoms with E-state index in [9.17, 15) is 0 Å². The van der Waals surface area contributed by atoms with E-state index >= 15 is 0 Å². The normalized spacial score (nSPS) is 45.8. The molecule has 1 heteroatoms. The van der Waals surface area contributed by atoms with Crippen molar-refractivity contribution in [3.8, 4) is 0 Å². The molecule has 0 aromatic rings. The van der Waals surface area contributed by atoms with Crippen LogP contribution in [0.15, 0.2) is 11.6 Å². The fourth-order valence-corrected chi connectivity index (χ4v) is 4.50. The lowest BCUT2D eigenvalue weighted by Gasteiger charge is -2.53. The Morgan fingerprint density at radius 3 is 2.75 bits per heavy atom. The highest BCUT2D eigenvalue weighted by Gasteiger charge is 2.57. The maximum atomic E-state index is 5.71. The van der Waals surface area contributed by atoms with E-state index in [1.54, 1.807) is 5.57 Å². The summed E-state index contributed by atoms with van der Waals surface area (Å²) in [6.45, 7) is 8.27. The van der Waals surface area contributed by atoms with Crippen LogP contribution in [0.25, 0.3) is 0 Å². The first-order chi connectivity index (χ1) is 7.55. The lowest BCUT2D eigenvalue weighted by Crippen LogP contribution is -2.47. The molecule has 1 saturated carbocycles. The maximum absolute atomic E-state index is 5.71. The largest absolute Gasteiger partial charge is 0.372 e. The Labute approximate surface area is 99.3 Å². The molecule has 2 aliphatic carbocycles. The molecule has 1 heterocycles. The summed E-state index contributed by atoms with van der Waals surface area (Å²) >= 11 is 0. The number of ether oxygens (including phenoxy) is 1. The van der Waals surface area contributed by atoms with Crippen LogP contribution in [0.1, 0.15) is 52.9 Å². The zero-order valence-corrected chi connectivity index (χ0v) is 10.9. The predicted molar refractivity (Wildman–Crippen MR) is 66.3 cm³/mol. The molecule has 3 atom stereocenters. The number of allylic oxidation sites excluding steroid dienone is 1. The standard InChI is InChI=1S/C15H24O/c1-11-5-6-12-14(2,3)7-4-8-15(12,9-11)13-10-16-13/h9,12-13H,4-8,10H2,1-3H3/t12-,13-,15+/m0/s1. The first-order valence-electron chi connectivity index (χ1n) is 6.84. The quantitative estimate of drug-likeness (QED) is 0.481. The third kappa shape index (κ3) is 1.48. The first kappa shape index (κ1) is 10.8. The van der Waals surface area contributed by atoms with E-state index in [0.29, 0.717) is 16.9 Å². The monoisotopic (exact) mass is 220 g/mol. The van der Waals surface area contributed by atoms with Gasteiger partial charge in [-0.2, -0.15) is 0 Å². The van der Waals surface area contributed by atoms with Gasteiger partial charge >= 0.3 is 0 Å². The fourth-order valence-electron chi connectivity index (χ4n) is 4.50. The smallest absolute Gasteiger partial charge is 0.0903 e. The summed E-state index contributed by atoms with van der Waals surface area (Å²) in [6.07, 6.45) is 9.99. The zero-order chi connectivity index (χ0) is 11.4. The summed E-state index contributed by atoms with van der Waals surface area (Å²) in [4.78, 5) is 0. The van der Waals surface area contributed by atoms with E-state index in [0.717, 1.165) is 12.5 Å². The Hall–Kier alpha value is -0.300. The third-order valence-corrected chi connectivity index (χ3v) is 5.30. The molecule has 1 nitrogen and oxygen atoms in total. The van der Waals surface area contributed by atoms with Crippen molar-refractivity contribution in [3.05, 3.63) is 11.6 Å². The number of hydrogen-bond acceptors (Lipinski definition) is 1. The van der Waals surface area contributed by atoms with Crippen LogP contribution in [0.2, 0.25) is 0 Å². The fraction of sp³-hybridized carbons (Fsp3) is 0.867. The van der Waals surface area contributed by atoms with Crippen molar-refractivity contribution >= 4 is 0 Å². The Bertz CT molecular complexity index is 324. The molecule has 0 bridgehead atoms. The molecule has 0 aromatic carbocycles. The molecule has 16 heavy (non-hydrogen) atoms. The van der Waals surface area contributed by atoms with E-state index in [1.807, 2.05) is 0 Å². The van der Waals surface area contributed by atoms with Crippen LogP contribution in [-0.4, -0.2) is 12.7 Å². The second-order valence-corrected chi connectivity index (χ2v) is 6.86. The zero-order valence-electron chi connectivity index (χ0n) is 10.9. The van der Waals surface area contributed by atoms with Crippen molar-refractivity contribution in [3.63, 3.8) is 0 Å². The third-order valence-electron chi connectivity index (χ3n) is 5.30.